The van der Waals surface area contributed by atoms with Crippen molar-refractivity contribution >= 4 is 39.2 Å². The Morgan fingerprint density at radius 2 is 2.10 bits per heavy atom. The van der Waals surface area contributed by atoms with Gasteiger partial charge in [-0.1, -0.05) is 26.7 Å². The zero-order valence-electron chi connectivity index (χ0n) is 11.6. The molecule has 108 valence electrons. The predicted octanol–water partition coefficient (Wildman–Crippen LogP) is 5.60. The fraction of sp³-hybridized carbons (Fsp3) is 0.533. The number of fused-ring (bicyclic) bond motifs is 1. The molecule has 2 aromatic rings. The van der Waals surface area contributed by atoms with Gasteiger partial charge < -0.3 is 9.55 Å². The fourth-order valence-corrected chi connectivity index (χ4v) is 4.06. The molecule has 5 heteroatoms. The largest absolute Gasteiger partial charge is 0.331 e. The van der Waals surface area contributed by atoms with Gasteiger partial charge in [-0.05, 0) is 52.5 Å². The second kappa shape index (κ2) is 5.26. The zero-order valence-corrected chi connectivity index (χ0v) is 14.0. The van der Waals surface area contributed by atoms with E-state index in [1.165, 1.54) is 12.8 Å². The minimum absolute atomic E-state index is 0.239. The summed E-state index contributed by atoms with van der Waals surface area (Å²) < 4.78 is 17.2. The van der Waals surface area contributed by atoms with Crippen LogP contribution in [-0.2, 0) is 0 Å². The van der Waals surface area contributed by atoms with Crippen LogP contribution < -0.4 is 0 Å². The molecule has 3 atom stereocenters. The molecule has 0 spiro atoms. The summed E-state index contributed by atoms with van der Waals surface area (Å²) in [5.74, 6) is 0.999. The summed E-state index contributed by atoms with van der Waals surface area (Å²) in [6, 6.07) is 3.71. The third-order valence-corrected chi connectivity index (χ3v) is 5.66. The van der Waals surface area contributed by atoms with Crippen molar-refractivity contribution in [1.29, 1.82) is 0 Å². The van der Waals surface area contributed by atoms with E-state index in [0.717, 1.165) is 17.5 Å². The van der Waals surface area contributed by atoms with Crippen LogP contribution in [0.5, 0.6) is 0 Å². The van der Waals surface area contributed by atoms with Crippen LogP contribution in [0, 0.1) is 22.4 Å². The molecule has 1 fully saturated rings. The predicted molar refractivity (Wildman–Crippen MR) is 86.0 cm³/mol. The highest BCUT2D eigenvalue weighted by molar-refractivity contribution is 9.10. The quantitative estimate of drug-likeness (QED) is 0.659. The van der Waals surface area contributed by atoms with Crippen molar-refractivity contribution in [3.05, 3.63) is 27.2 Å². The maximum absolute atomic E-state index is 13.9. The summed E-state index contributed by atoms with van der Waals surface area (Å²) in [6.45, 7) is 4.58. The van der Waals surface area contributed by atoms with E-state index in [2.05, 4.69) is 39.3 Å². The third kappa shape index (κ3) is 2.25. The van der Waals surface area contributed by atoms with Gasteiger partial charge in [0.2, 0.25) is 0 Å². The number of aromatic nitrogens is 2. The molecular formula is C15H18BrFN2S. The van der Waals surface area contributed by atoms with Crippen LogP contribution in [0.3, 0.4) is 0 Å². The van der Waals surface area contributed by atoms with Crippen LogP contribution >= 0.6 is 28.1 Å². The smallest absolute Gasteiger partial charge is 0.178 e. The number of H-pyrrole nitrogens is 1. The van der Waals surface area contributed by atoms with E-state index < -0.39 is 0 Å². The normalized spacial score (nSPS) is 27.1. The standard InChI is InChI=1S/C15H18BrFN2S/c1-8-4-3-5-13(9(8)2)19-14-7-11(17)10(16)6-12(14)18-15(19)20/h6-9,13H,3-5H2,1-2H3,(H,18,20). The Labute approximate surface area is 131 Å². The molecule has 1 aliphatic rings. The molecule has 1 saturated carbocycles. The van der Waals surface area contributed by atoms with Crippen molar-refractivity contribution in [2.45, 2.75) is 39.2 Å². The van der Waals surface area contributed by atoms with Crippen molar-refractivity contribution in [3.8, 4) is 0 Å². The average Bonchev–Trinajstić information content (AvgIpc) is 2.69. The van der Waals surface area contributed by atoms with E-state index in [1.807, 2.05) is 0 Å². The lowest BCUT2D eigenvalue weighted by atomic mass is 9.78. The number of hydrogen-bond donors (Lipinski definition) is 1. The molecule has 1 aromatic carbocycles. The molecule has 1 aliphatic carbocycles. The van der Waals surface area contributed by atoms with Gasteiger partial charge in [-0.3, -0.25) is 0 Å². The Bertz CT molecular complexity index is 706. The molecule has 3 rings (SSSR count). The third-order valence-electron chi connectivity index (χ3n) is 4.75. The molecule has 2 nitrogen and oxygen atoms in total. The molecule has 0 bridgehead atoms. The van der Waals surface area contributed by atoms with Crippen molar-refractivity contribution in [2.75, 3.05) is 0 Å². The Kier molecular flexibility index (Phi) is 3.75. The lowest BCUT2D eigenvalue weighted by Gasteiger charge is -2.35. The molecule has 1 heterocycles. The second-order valence-corrected chi connectivity index (χ2v) is 7.16. The van der Waals surface area contributed by atoms with Crippen LogP contribution in [0.4, 0.5) is 4.39 Å². The number of hydrogen-bond acceptors (Lipinski definition) is 1. The van der Waals surface area contributed by atoms with Gasteiger partial charge in [0.25, 0.3) is 0 Å². The van der Waals surface area contributed by atoms with Crippen molar-refractivity contribution in [2.24, 2.45) is 11.8 Å². The van der Waals surface area contributed by atoms with Gasteiger partial charge in [-0.15, -0.1) is 0 Å². The highest BCUT2D eigenvalue weighted by atomic mass is 79.9. The van der Waals surface area contributed by atoms with Gasteiger partial charge in [-0.25, -0.2) is 4.39 Å². The van der Waals surface area contributed by atoms with Gasteiger partial charge in [0.15, 0.2) is 4.77 Å². The maximum Gasteiger partial charge on any atom is 0.178 e. The molecule has 20 heavy (non-hydrogen) atoms. The molecular weight excluding hydrogens is 339 g/mol. The molecule has 1 aromatic heterocycles. The van der Waals surface area contributed by atoms with Gasteiger partial charge in [0.05, 0.1) is 15.5 Å². The first-order valence-electron chi connectivity index (χ1n) is 7.08. The maximum atomic E-state index is 13.9. The summed E-state index contributed by atoms with van der Waals surface area (Å²) >= 11 is 8.71. The van der Waals surface area contributed by atoms with Crippen molar-refractivity contribution in [3.63, 3.8) is 0 Å². The number of nitrogens with one attached hydrogen (secondary N) is 1. The SMILES string of the molecule is CC1CCCC(n2c(=S)[nH]c3cc(Br)c(F)cc32)C1C. The molecule has 1 N–H and O–H groups in total. The van der Waals surface area contributed by atoms with E-state index in [0.29, 0.717) is 27.1 Å². The van der Waals surface area contributed by atoms with E-state index in [-0.39, 0.29) is 5.82 Å². The minimum Gasteiger partial charge on any atom is -0.331 e. The Morgan fingerprint density at radius 1 is 1.35 bits per heavy atom. The van der Waals surface area contributed by atoms with E-state index in [4.69, 9.17) is 12.2 Å². The molecule has 0 aliphatic heterocycles. The van der Waals surface area contributed by atoms with Crippen LogP contribution in [0.25, 0.3) is 11.0 Å². The number of aromatic amines is 1. The van der Waals surface area contributed by atoms with E-state index in [1.54, 1.807) is 12.1 Å². The van der Waals surface area contributed by atoms with Crippen LogP contribution in [0.15, 0.2) is 16.6 Å². The average molecular weight is 357 g/mol. The number of imidazole rings is 1. The van der Waals surface area contributed by atoms with Gasteiger partial charge in [0, 0.05) is 12.1 Å². The van der Waals surface area contributed by atoms with Gasteiger partial charge in [0.1, 0.15) is 5.82 Å². The minimum atomic E-state index is -0.239. The summed E-state index contributed by atoms with van der Waals surface area (Å²) in [5, 5.41) is 0. The Balaban J connectivity index is 2.18. The zero-order chi connectivity index (χ0) is 14.4. The summed E-state index contributed by atoms with van der Waals surface area (Å²) in [7, 11) is 0. The Hall–Kier alpha value is -0.680. The lowest BCUT2D eigenvalue weighted by Crippen LogP contribution is -2.27. The first-order valence-corrected chi connectivity index (χ1v) is 8.28. The van der Waals surface area contributed by atoms with Crippen molar-refractivity contribution < 1.29 is 4.39 Å². The lowest BCUT2D eigenvalue weighted by molar-refractivity contribution is 0.188. The number of halogens is 2. The monoisotopic (exact) mass is 356 g/mol. The number of nitrogens with zero attached hydrogens (tertiary/aromatic N) is 1. The number of benzene rings is 1. The van der Waals surface area contributed by atoms with Crippen molar-refractivity contribution in [1.82, 2.24) is 9.55 Å². The van der Waals surface area contributed by atoms with Crippen LogP contribution in [0.2, 0.25) is 0 Å². The molecule has 3 unspecified atom stereocenters. The second-order valence-electron chi connectivity index (χ2n) is 5.92. The van der Waals surface area contributed by atoms with Gasteiger partial charge in [-0.2, -0.15) is 0 Å². The fourth-order valence-electron chi connectivity index (χ4n) is 3.37. The highest BCUT2D eigenvalue weighted by Gasteiger charge is 2.29. The van der Waals surface area contributed by atoms with E-state index in [9.17, 15) is 4.39 Å². The first-order chi connectivity index (χ1) is 9.49. The Morgan fingerprint density at radius 3 is 2.85 bits per heavy atom. The summed E-state index contributed by atoms with van der Waals surface area (Å²) in [5.41, 5.74) is 1.77. The van der Waals surface area contributed by atoms with Crippen LogP contribution in [0.1, 0.15) is 39.2 Å². The molecule has 0 amide bonds. The highest BCUT2D eigenvalue weighted by Crippen LogP contribution is 2.39. The summed E-state index contributed by atoms with van der Waals surface area (Å²) in [4.78, 5) is 3.21. The molecule has 0 radical (unpaired) electrons. The summed E-state index contributed by atoms with van der Waals surface area (Å²) in [6.07, 6.45) is 3.60. The first kappa shape index (κ1) is 14.3. The van der Waals surface area contributed by atoms with Crippen LogP contribution in [-0.4, -0.2) is 9.55 Å². The topological polar surface area (TPSA) is 20.7 Å². The van der Waals surface area contributed by atoms with E-state index >= 15 is 0 Å². The molecule has 0 saturated heterocycles. The van der Waals surface area contributed by atoms with Gasteiger partial charge >= 0.3 is 0 Å². The number of rotatable bonds is 1.